The van der Waals surface area contributed by atoms with Crippen LogP contribution in [0.15, 0.2) is 42.5 Å². The van der Waals surface area contributed by atoms with Crippen LogP contribution in [-0.2, 0) is 11.3 Å². The fourth-order valence-electron chi connectivity index (χ4n) is 4.31. The summed E-state index contributed by atoms with van der Waals surface area (Å²) >= 11 is 0. The third-order valence-electron chi connectivity index (χ3n) is 5.60. The molecule has 2 aromatic carbocycles. The molecule has 0 fully saturated rings. The standard InChI is InChI=1S/C26H35NO2/c1-6-7-11-23-19(3)15-18(2)16-24(23)26-14-13-22-10-8-9-12-25(22)27(26)29-21(5)17-20(4)28/h8-10,12-16,20-21,26,28H,6-7,11,17H2,1-5H3. The van der Waals surface area contributed by atoms with Crippen molar-refractivity contribution in [3.05, 3.63) is 70.3 Å². The van der Waals surface area contributed by atoms with E-state index in [1.165, 1.54) is 35.1 Å². The van der Waals surface area contributed by atoms with E-state index < -0.39 is 0 Å². The van der Waals surface area contributed by atoms with Crippen LogP contribution in [0.5, 0.6) is 0 Å². The maximum Gasteiger partial charge on any atom is 0.100 e. The molecule has 3 rings (SSSR count). The van der Waals surface area contributed by atoms with E-state index in [4.69, 9.17) is 4.84 Å². The third kappa shape index (κ3) is 5.09. The highest BCUT2D eigenvalue weighted by atomic mass is 16.7. The first-order valence-electron chi connectivity index (χ1n) is 10.9. The smallest absolute Gasteiger partial charge is 0.100 e. The molecule has 0 radical (unpaired) electrons. The van der Waals surface area contributed by atoms with Gasteiger partial charge < -0.3 is 5.11 Å². The van der Waals surface area contributed by atoms with Crippen LogP contribution in [0.25, 0.3) is 6.08 Å². The Morgan fingerprint density at radius 3 is 2.62 bits per heavy atom. The van der Waals surface area contributed by atoms with Gasteiger partial charge >= 0.3 is 0 Å². The number of rotatable bonds is 8. The second-order valence-corrected chi connectivity index (χ2v) is 8.44. The maximum absolute atomic E-state index is 9.83. The number of nitrogens with zero attached hydrogens (tertiary/aromatic N) is 1. The Morgan fingerprint density at radius 1 is 1.14 bits per heavy atom. The summed E-state index contributed by atoms with van der Waals surface area (Å²) in [6, 6.07) is 13.0. The molecule has 1 N–H and O–H groups in total. The molecule has 2 aromatic rings. The van der Waals surface area contributed by atoms with E-state index in [1.54, 1.807) is 0 Å². The number of hydrogen-bond acceptors (Lipinski definition) is 3. The molecule has 0 aromatic heterocycles. The lowest BCUT2D eigenvalue weighted by molar-refractivity contribution is 0.00469. The second-order valence-electron chi connectivity index (χ2n) is 8.44. The predicted molar refractivity (Wildman–Crippen MR) is 122 cm³/mol. The van der Waals surface area contributed by atoms with E-state index in [0.29, 0.717) is 6.42 Å². The Labute approximate surface area is 176 Å². The number of hydrogen-bond donors (Lipinski definition) is 1. The van der Waals surface area contributed by atoms with Gasteiger partial charge in [0.2, 0.25) is 0 Å². The summed E-state index contributed by atoms with van der Waals surface area (Å²) in [5, 5.41) is 11.9. The summed E-state index contributed by atoms with van der Waals surface area (Å²) < 4.78 is 0. The van der Waals surface area contributed by atoms with Crippen molar-refractivity contribution in [1.82, 2.24) is 0 Å². The fourth-order valence-corrected chi connectivity index (χ4v) is 4.31. The number of unbranched alkanes of at least 4 members (excludes halogenated alkanes) is 1. The van der Waals surface area contributed by atoms with E-state index in [9.17, 15) is 5.11 Å². The molecule has 0 saturated carbocycles. The van der Waals surface area contributed by atoms with Gasteiger partial charge in [-0.05, 0) is 68.9 Å². The molecule has 156 valence electrons. The first-order valence-corrected chi connectivity index (χ1v) is 10.9. The minimum absolute atomic E-state index is 0.0202. The average molecular weight is 394 g/mol. The zero-order chi connectivity index (χ0) is 21.0. The topological polar surface area (TPSA) is 32.7 Å². The molecule has 1 aliphatic heterocycles. The molecule has 3 heteroatoms. The number of aliphatic hydroxyl groups is 1. The fraction of sp³-hybridized carbons (Fsp3) is 0.462. The van der Waals surface area contributed by atoms with Crippen molar-refractivity contribution < 1.29 is 9.94 Å². The van der Waals surface area contributed by atoms with Crippen LogP contribution in [0.4, 0.5) is 5.69 Å². The molecule has 3 nitrogen and oxygen atoms in total. The minimum Gasteiger partial charge on any atom is -0.393 e. The van der Waals surface area contributed by atoms with Gasteiger partial charge in [0.05, 0.1) is 17.9 Å². The average Bonchev–Trinajstić information content (AvgIpc) is 2.66. The van der Waals surface area contributed by atoms with Gasteiger partial charge in [-0.3, -0.25) is 4.84 Å². The van der Waals surface area contributed by atoms with Crippen molar-refractivity contribution in [2.24, 2.45) is 0 Å². The van der Waals surface area contributed by atoms with Crippen molar-refractivity contribution in [3.63, 3.8) is 0 Å². The number of aliphatic hydroxyl groups excluding tert-OH is 1. The quantitative estimate of drug-likeness (QED) is 0.570. The lowest BCUT2D eigenvalue weighted by atomic mass is 9.89. The second kappa shape index (κ2) is 9.60. The number of fused-ring (bicyclic) bond motifs is 1. The van der Waals surface area contributed by atoms with Gasteiger partial charge in [-0.1, -0.05) is 61.4 Å². The van der Waals surface area contributed by atoms with Crippen molar-refractivity contribution in [2.45, 2.75) is 78.6 Å². The SMILES string of the molecule is CCCCc1c(C)cc(C)cc1C1C=Cc2ccccc2N1OC(C)CC(C)O. The molecular weight excluding hydrogens is 358 g/mol. The zero-order valence-electron chi connectivity index (χ0n) is 18.5. The first kappa shape index (κ1) is 21.6. The minimum atomic E-state index is -0.389. The van der Waals surface area contributed by atoms with Gasteiger partial charge in [0.1, 0.15) is 6.04 Å². The van der Waals surface area contributed by atoms with Crippen LogP contribution < -0.4 is 5.06 Å². The molecule has 0 bridgehead atoms. The summed E-state index contributed by atoms with van der Waals surface area (Å²) in [7, 11) is 0. The highest BCUT2D eigenvalue weighted by Crippen LogP contribution is 2.39. The van der Waals surface area contributed by atoms with Crippen molar-refractivity contribution in [1.29, 1.82) is 0 Å². The number of aryl methyl sites for hydroxylation is 2. The number of para-hydroxylation sites is 1. The van der Waals surface area contributed by atoms with Crippen molar-refractivity contribution in [2.75, 3.05) is 5.06 Å². The van der Waals surface area contributed by atoms with Gasteiger partial charge in [0, 0.05) is 6.42 Å². The van der Waals surface area contributed by atoms with Crippen molar-refractivity contribution >= 4 is 11.8 Å². The largest absolute Gasteiger partial charge is 0.393 e. The molecule has 0 spiro atoms. The van der Waals surface area contributed by atoms with Crippen molar-refractivity contribution in [3.8, 4) is 0 Å². The molecule has 1 aliphatic rings. The van der Waals surface area contributed by atoms with Gasteiger partial charge in [0.25, 0.3) is 0 Å². The van der Waals surface area contributed by atoms with E-state index in [0.717, 1.165) is 17.7 Å². The van der Waals surface area contributed by atoms with Gasteiger partial charge in [-0.15, -0.1) is 0 Å². The van der Waals surface area contributed by atoms with Gasteiger partial charge in [-0.2, -0.15) is 0 Å². The highest BCUT2D eigenvalue weighted by Gasteiger charge is 2.29. The van der Waals surface area contributed by atoms with Crippen LogP contribution in [0.2, 0.25) is 0 Å². The summed E-state index contributed by atoms with van der Waals surface area (Å²) in [4.78, 5) is 6.46. The summed E-state index contributed by atoms with van der Waals surface area (Å²) in [5.41, 5.74) is 7.64. The third-order valence-corrected chi connectivity index (χ3v) is 5.60. The predicted octanol–water partition coefficient (Wildman–Crippen LogP) is 6.31. The van der Waals surface area contributed by atoms with Gasteiger partial charge in [-0.25, -0.2) is 5.06 Å². The molecule has 0 saturated heterocycles. The Balaban J connectivity index is 2.05. The molecule has 1 heterocycles. The van der Waals surface area contributed by atoms with E-state index in [2.05, 4.69) is 74.4 Å². The first-order chi connectivity index (χ1) is 13.9. The Hall–Kier alpha value is -2.10. The Kier molecular flexibility index (Phi) is 7.15. The number of benzene rings is 2. The van der Waals surface area contributed by atoms with Crippen LogP contribution in [-0.4, -0.2) is 17.3 Å². The molecule has 0 amide bonds. The highest BCUT2D eigenvalue weighted by molar-refractivity contribution is 5.72. The Morgan fingerprint density at radius 2 is 1.90 bits per heavy atom. The maximum atomic E-state index is 9.83. The van der Waals surface area contributed by atoms with Crippen LogP contribution in [0.3, 0.4) is 0 Å². The summed E-state index contributed by atoms with van der Waals surface area (Å²) in [5.74, 6) is 0. The zero-order valence-corrected chi connectivity index (χ0v) is 18.5. The Bertz CT molecular complexity index is 856. The van der Waals surface area contributed by atoms with Crippen LogP contribution in [0, 0.1) is 13.8 Å². The normalized spacial score (nSPS) is 17.9. The molecule has 3 atom stereocenters. The van der Waals surface area contributed by atoms with Gasteiger partial charge in [0.15, 0.2) is 0 Å². The molecule has 0 aliphatic carbocycles. The lowest BCUT2D eigenvalue weighted by Gasteiger charge is -2.38. The molecule has 29 heavy (non-hydrogen) atoms. The van der Waals surface area contributed by atoms with E-state index in [1.807, 2.05) is 13.8 Å². The summed E-state index contributed by atoms with van der Waals surface area (Å²) in [6.45, 7) is 10.5. The molecular formula is C26H35NO2. The van der Waals surface area contributed by atoms with E-state index >= 15 is 0 Å². The number of hydroxylamine groups is 1. The van der Waals surface area contributed by atoms with E-state index in [-0.39, 0.29) is 18.2 Å². The lowest BCUT2D eigenvalue weighted by Crippen LogP contribution is -2.35. The monoisotopic (exact) mass is 393 g/mol. The van der Waals surface area contributed by atoms with Crippen LogP contribution >= 0.6 is 0 Å². The molecule has 3 unspecified atom stereocenters. The van der Waals surface area contributed by atoms with Crippen LogP contribution in [0.1, 0.15) is 73.9 Å². The summed E-state index contributed by atoms with van der Waals surface area (Å²) in [6.07, 6.45) is 8.04. The number of anilines is 1.